The SMILES string of the molecule is COc1cc(C(=O)N2CCCc3cc(C(F)(F)F)ccc32)cc(Cl)c1OCC(N)=O. The number of benzene rings is 2. The molecule has 6 nitrogen and oxygen atoms in total. The van der Waals surface area contributed by atoms with E-state index in [-0.39, 0.29) is 22.1 Å². The topological polar surface area (TPSA) is 81.9 Å². The summed E-state index contributed by atoms with van der Waals surface area (Å²) in [4.78, 5) is 25.5. The molecular weight excluding hydrogens is 425 g/mol. The van der Waals surface area contributed by atoms with Crippen molar-refractivity contribution >= 4 is 29.1 Å². The Balaban J connectivity index is 1.94. The number of nitrogens with zero attached hydrogens (tertiary/aromatic N) is 1. The minimum atomic E-state index is -4.46. The summed E-state index contributed by atoms with van der Waals surface area (Å²) in [6.45, 7) is -0.0819. The molecule has 0 aliphatic carbocycles. The molecule has 1 heterocycles. The molecule has 3 rings (SSSR count). The highest BCUT2D eigenvalue weighted by atomic mass is 35.5. The molecule has 1 aliphatic rings. The average molecular weight is 443 g/mol. The fourth-order valence-corrected chi connectivity index (χ4v) is 3.53. The lowest BCUT2D eigenvalue weighted by Crippen LogP contribution is -2.35. The van der Waals surface area contributed by atoms with Crippen LogP contribution in [-0.4, -0.2) is 32.1 Å². The molecule has 0 unspecified atom stereocenters. The van der Waals surface area contributed by atoms with Gasteiger partial charge in [-0.1, -0.05) is 11.6 Å². The van der Waals surface area contributed by atoms with Gasteiger partial charge >= 0.3 is 6.18 Å². The lowest BCUT2D eigenvalue weighted by molar-refractivity contribution is -0.137. The number of hydrogen-bond acceptors (Lipinski definition) is 4. The van der Waals surface area contributed by atoms with Crippen molar-refractivity contribution in [3.8, 4) is 11.5 Å². The van der Waals surface area contributed by atoms with Crippen molar-refractivity contribution in [3.63, 3.8) is 0 Å². The van der Waals surface area contributed by atoms with Crippen molar-refractivity contribution in [3.05, 3.63) is 52.0 Å². The number of rotatable bonds is 5. The van der Waals surface area contributed by atoms with E-state index in [2.05, 4.69) is 0 Å². The molecule has 2 aromatic rings. The first-order chi connectivity index (χ1) is 14.1. The summed E-state index contributed by atoms with van der Waals surface area (Å²) in [6, 6.07) is 6.07. The Morgan fingerprint density at radius 1 is 1.23 bits per heavy atom. The van der Waals surface area contributed by atoms with Crippen LogP contribution in [0.3, 0.4) is 0 Å². The van der Waals surface area contributed by atoms with Crippen molar-refractivity contribution in [2.24, 2.45) is 5.73 Å². The highest BCUT2D eigenvalue weighted by molar-refractivity contribution is 6.33. The van der Waals surface area contributed by atoms with Crippen LogP contribution in [0.5, 0.6) is 11.5 Å². The average Bonchev–Trinajstić information content (AvgIpc) is 2.70. The number of methoxy groups -OCH3 is 1. The Labute approximate surface area is 175 Å². The second-order valence-electron chi connectivity index (χ2n) is 6.65. The number of alkyl halides is 3. The maximum Gasteiger partial charge on any atom is 0.416 e. The molecule has 2 aromatic carbocycles. The zero-order valence-corrected chi connectivity index (χ0v) is 16.6. The van der Waals surface area contributed by atoms with Gasteiger partial charge in [0.2, 0.25) is 0 Å². The van der Waals surface area contributed by atoms with E-state index in [0.29, 0.717) is 30.6 Å². The summed E-state index contributed by atoms with van der Waals surface area (Å²) >= 11 is 6.20. The minimum absolute atomic E-state index is 0.0311. The number of anilines is 1. The Bertz CT molecular complexity index is 995. The van der Waals surface area contributed by atoms with Crippen LogP contribution in [0.15, 0.2) is 30.3 Å². The first-order valence-corrected chi connectivity index (χ1v) is 9.30. The van der Waals surface area contributed by atoms with E-state index in [4.69, 9.17) is 26.8 Å². The number of primary amides is 1. The van der Waals surface area contributed by atoms with E-state index in [1.807, 2.05) is 0 Å². The van der Waals surface area contributed by atoms with Gasteiger partial charge < -0.3 is 20.1 Å². The highest BCUT2D eigenvalue weighted by Crippen LogP contribution is 2.39. The van der Waals surface area contributed by atoms with Crippen LogP contribution in [0, 0.1) is 0 Å². The van der Waals surface area contributed by atoms with Crippen molar-refractivity contribution in [2.75, 3.05) is 25.2 Å². The standard InChI is InChI=1S/C20H18ClF3N2O4/c1-29-16-9-12(8-14(21)18(16)30-10-17(25)27)19(28)26-6-2-3-11-7-13(20(22,23)24)4-5-15(11)26/h4-5,7-9H,2-3,6,10H2,1H3,(H2,25,27). The van der Waals surface area contributed by atoms with Crippen LogP contribution in [-0.2, 0) is 17.4 Å². The van der Waals surface area contributed by atoms with Crippen molar-refractivity contribution in [1.82, 2.24) is 0 Å². The number of nitrogens with two attached hydrogens (primary N) is 1. The predicted molar refractivity (Wildman–Crippen MR) is 104 cm³/mol. The molecule has 0 aromatic heterocycles. The number of carbonyl (C=O) groups is 2. The molecule has 2 N–H and O–H groups in total. The van der Waals surface area contributed by atoms with Gasteiger partial charge in [-0.15, -0.1) is 0 Å². The number of halogens is 4. The van der Waals surface area contributed by atoms with Crippen LogP contribution in [0.25, 0.3) is 0 Å². The van der Waals surface area contributed by atoms with Crippen LogP contribution in [0.1, 0.15) is 27.9 Å². The molecule has 0 spiro atoms. The summed E-state index contributed by atoms with van der Waals surface area (Å²) in [5.41, 5.74) is 5.34. The maximum atomic E-state index is 13.1. The molecule has 0 bridgehead atoms. The van der Waals surface area contributed by atoms with Crippen molar-refractivity contribution in [2.45, 2.75) is 19.0 Å². The van der Waals surface area contributed by atoms with Gasteiger partial charge in [-0.05, 0) is 48.7 Å². The van der Waals surface area contributed by atoms with E-state index >= 15 is 0 Å². The molecule has 0 fully saturated rings. The lowest BCUT2D eigenvalue weighted by atomic mass is 9.98. The van der Waals surface area contributed by atoms with Gasteiger partial charge in [-0.25, -0.2) is 0 Å². The summed E-state index contributed by atoms with van der Waals surface area (Å²) in [5, 5.41) is 0.0311. The Morgan fingerprint density at radius 3 is 2.60 bits per heavy atom. The Kier molecular flexibility index (Phi) is 6.12. The van der Waals surface area contributed by atoms with Gasteiger partial charge in [-0.3, -0.25) is 9.59 Å². The fourth-order valence-electron chi connectivity index (χ4n) is 3.27. The Hall–Kier alpha value is -2.94. The predicted octanol–water partition coefficient (Wildman–Crippen LogP) is 3.82. The molecular formula is C20H18ClF3N2O4. The number of amides is 2. The van der Waals surface area contributed by atoms with E-state index in [9.17, 15) is 22.8 Å². The number of ether oxygens (including phenoxy) is 2. The largest absolute Gasteiger partial charge is 0.493 e. The first-order valence-electron chi connectivity index (χ1n) is 8.92. The summed E-state index contributed by atoms with van der Waals surface area (Å²) in [6.07, 6.45) is -3.50. The second kappa shape index (κ2) is 8.43. The van der Waals surface area contributed by atoms with E-state index in [1.54, 1.807) is 0 Å². The third kappa shape index (κ3) is 4.46. The molecule has 30 heavy (non-hydrogen) atoms. The smallest absolute Gasteiger partial charge is 0.416 e. The maximum absolute atomic E-state index is 13.1. The molecule has 0 saturated heterocycles. The third-order valence-corrected chi connectivity index (χ3v) is 4.89. The van der Waals surface area contributed by atoms with Crippen LogP contribution in [0.4, 0.5) is 18.9 Å². The lowest BCUT2D eigenvalue weighted by Gasteiger charge is -2.30. The van der Waals surface area contributed by atoms with Gasteiger partial charge in [0, 0.05) is 17.8 Å². The number of aryl methyl sites for hydroxylation is 1. The fraction of sp³-hybridized carbons (Fsp3) is 0.300. The molecule has 160 valence electrons. The van der Waals surface area contributed by atoms with Gasteiger partial charge in [0.05, 0.1) is 17.7 Å². The van der Waals surface area contributed by atoms with Gasteiger partial charge in [-0.2, -0.15) is 13.2 Å². The van der Waals surface area contributed by atoms with Gasteiger partial charge in [0.1, 0.15) is 0 Å². The van der Waals surface area contributed by atoms with Crippen molar-refractivity contribution < 1.29 is 32.2 Å². The number of carbonyl (C=O) groups excluding carboxylic acids is 2. The van der Waals surface area contributed by atoms with Crippen molar-refractivity contribution in [1.29, 1.82) is 0 Å². The number of hydrogen-bond donors (Lipinski definition) is 1. The molecule has 10 heteroatoms. The zero-order chi connectivity index (χ0) is 22.1. The second-order valence-corrected chi connectivity index (χ2v) is 7.05. The van der Waals surface area contributed by atoms with Gasteiger partial charge in [0.15, 0.2) is 18.1 Å². The van der Waals surface area contributed by atoms with Crippen LogP contribution in [0.2, 0.25) is 5.02 Å². The first kappa shape index (κ1) is 21.8. The van der Waals surface area contributed by atoms with E-state index in [0.717, 1.165) is 12.1 Å². The van der Waals surface area contributed by atoms with E-state index < -0.39 is 30.2 Å². The molecule has 1 aliphatic heterocycles. The molecule has 0 saturated carbocycles. The van der Waals surface area contributed by atoms with E-state index in [1.165, 1.54) is 30.2 Å². The summed E-state index contributed by atoms with van der Waals surface area (Å²) in [5.74, 6) is -0.978. The monoisotopic (exact) mass is 442 g/mol. The van der Waals surface area contributed by atoms with Gasteiger partial charge in [0.25, 0.3) is 11.8 Å². The highest BCUT2D eigenvalue weighted by Gasteiger charge is 2.33. The normalized spacial score (nSPS) is 13.6. The molecule has 2 amide bonds. The molecule has 0 atom stereocenters. The minimum Gasteiger partial charge on any atom is -0.493 e. The molecule has 0 radical (unpaired) electrons. The van der Waals surface area contributed by atoms with Crippen LogP contribution >= 0.6 is 11.6 Å². The summed E-state index contributed by atoms with van der Waals surface area (Å²) < 4.78 is 49.5. The number of fused-ring (bicyclic) bond motifs is 1. The summed E-state index contributed by atoms with van der Waals surface area (Å²) in [7, 11) is 1.34. The Morgan fingerprint density at radius 2 is 1.97 bits per heavy atom. The third-order valence-electron chi connectivity index (χ3n) is 4.61. The quantitative estimate of drug-likeness (QED) is 0.763. The van der Waals surface area contributed by atoms with Crippen LogP contribution < -0.4 is 20.1 Å². The zero-order valence-electron chi connectivity index (χ0n) is 15.9.